The molecule has 0 radical (unpaired) electrons. The summed E-state index contributed by atoms with van der Waals surface area (Å²) < 4.78 is 17.2. The molecule has 0 saturated heterocycles. The molecule has 4 rings (SSSR count). The standard InChI is InChI=1S/C19H28N6O2S/c1-11(2)25-10-12(3)18(23-25)28(20,27)24-19(26)22-17-13-6-4-8-15(13)21-16-9-5-7-14(16)17/h10-11,28H,4-9H2,1-3H3,(H4,20,21,22,24,26,27). The van der Waals surface area contributed by atoms with Crippen LogP contribution < -0.4 is 15.2 Å². The summed E-state index contributed by atoms with van der Waals surface area (Å²) in [6, 6.07) is -0.443. The monoisotopic (exact) mass is 404 g/mol. The van der Waals surface area contributed by atoms with Crippen molar-refractivity contribution in [2.45, 2.75) is 70.4 Å². The number of thiol groups is 1. The smallest absolute Gasteiger partial charge is 0.307 e. The summed E-state index contributed by atoms with van der Waals surface area (Å²) in [6.07, 6.45) is 7.58. The molecule has 2 aromatic heterocycles. The SMILES string of the molecule is Cc1cn(C(C)C)nc1[SH](N)(=O)NC(=O)Nc1c2c(nc3c1CCC3)CCC2. The highest BCUT2D eigenvalue weighted by atomic mass is 32.3. The number of urea groups is 1. The predicted octanol–water partition coefficient (Wildman–Crippen LogP) is 2.13. The molecule has 2 amide bonds. The Labute approximate surface area is 166 Å². The second-order valence-corrected chi connectivity index (χ2v) is 9.94. The third kappa shape index (κ3) is 3.33. The number of pyridine rings is 1. The number of hydrogen-bond acceptors (Lipinski definition) is 4. The molecule has 8 nitrogen and oxygen atoms in total. The van der Waals surface area contributed by atoms with Gasteiger partial charge in [0.15, 0.2) is 5.03 Å². The first-order chi connectivity index (χ1) is 13.3. The van der Waals surface area contributed by atoms with Crippen LogP contribution in [0.4, 0.5) is 10.5 Å². The van der Waals surface area contributed by atoms with Crippen molar-refractivity contribution in [1.82, 2.24) is 19.5 Å². The summed E-state index contributed by atoms with van der Waals surface area (Å²) in [5.41, 5.74) is 5.94. The molecule has 0 aromatic carbocycles. The lowest BCUT2D eigenvalue weighted by atomic mass is 10.1. The zero-order chi connectivity index (χ0) is 20.1. The summed E-state index contributed by atoms with van der Waals surface area (Å²) in [7, 11) is -3.64. The van der Waals surface area contributed by atoms with Crippen molar-refractivity contribution in [2.75, 3.05) is 5.32 Å². The van der Waals surface area contributed by atoms with E-state index in [9.17, 15) is 9.00 Å². The van der Waals surface area contributed by atoms with Crippen LogP contribution >= 0.6 is 0 Å². The van der Waals surface area contributed by atoms with Gasteiger partial charge in [0, 0.05) is 39.5 Å². The van der Waals surface area contributed by atoms with Gasteiger partial charge in [-0.05, 0) is 70.4 Å². The average Bonchev–Trinajstić information content (AvgIpc) is 3.32. The van der Waals surface area contributed by atoms with Gasteiger partial charge in [-0.3, -0.25) is 19.5 Å². The number of amides is 2. The Balaban J connectivity index is 1.58. The minimum absolute atomic E-state index is 0.114. The fraction of sp³-hybridized carbons (Fsp3) is 0.526. The zero-order valence-electron chi connectivity index (χ0n) is 16.6. The first kappa shape index (κ1) is 19.1. The zero-order valence-corrected chi connectivity index (χ0v) is 17.5. The van der Waals surface area contributed by atoms with Crippen LogP contribution in [0.2, 0.25) is 0 Å². The quantitative estimate of drug-likeness (QED) is 0.584. The van der Waals surface area contributed by atoms with Gasteiger partial charge in [-0.15, -0.1) is 0 Å². The minimum atomic E-state index is -3.64. The van der Waals surface area contributed by atoms with Crippen LogP contribution in [0.3, 0.4) is 0 Å². The summed E-state index contributed by atoms with van der Waals surface area (Å²) >= 11 is 0. The molecule has 0 saturated carbocycles. The second kappa shape index (κ2) is 6.97. The molecule has 0 spiro atoms. The lowest BCUT2D eigenvalue weighted by molar-refractivity contribution is 0.256. The van der Waals surface area contributed by atoms with Gasteiger partial charge < -0.3 is 5.32 Å². The lowest BCUT2D eigenvalue weighted by Crippen LogP contribution is -2.45. The molecule has 152 valence electrons. The van der Waals surface area contributed by atoms with Crippen LogP contribution in [-0.2, 0) is 36.0 Å². The third-order valence-corrected chi connectivity index (χ3v) is 7.10. The van der Waals surface area contributed by atoms with Crippen molar-refractivity contribution >= 4 is 22.0 Å². The van der Waals surface area contributed by atoms with Crippen LogP contribution in [0.1, 0.15) is 60.8 Å². The largest absolute Gasteiger partial charge is 0.330 e. The third-order valence-electron chi connectivity index (χ3n) is 5.49. The highest BCUT2D eigenvalue weighted by Gasteiger charge is 2.28. The molecule has 2 aromatic rings. The lowest BCUT2D eigenvalue weighted by Gasteiger charge is -2.21. The number of fused-ring (bicyclic) bond motifs is 2. The molecule has 0 bridgehead atoms. The minimum Gasteiger partial charge on any atom is -0.307 e. The van der Waals surface area contributed by atoms with E-state index >= 15 is 0 Å². The Bertz CT molecular complexity index is 965. The van der Waals surface area contributed by atoms with Gasteiger partial charge in [-0.1, -0.05) is 0 Å². The van der Waals surface area contributed by atoms with Crippen molar-refractivity contribution in [2.24, 2.45) is 5.14 Å². The Morgan fingerprint density at radius 1 is 1.18 bits per heavy atom. The number of carbonyl (C=O) groups excluding carboxylic acids is 1. The van der Waals surface area contributed by atoms with Gasteiger partial charge in [0.05, 0.1) is 5.69 Å². The second-order valence-electron chi connectivity index (χ2n) is 7.98. The van der Waals surface area contributed by atoms with Crippen LogP contribution in [-0.4, -0.2) is 25.0 Å². The van der Waals surface area contributed by atoms with Crippen LogP contribution in [0.25, 0.3) is 0 Å². The van der Waals surface area contributed by atoms with Crippen molar-refractivity contribution in [3.8, 4) is 0 Å². The van der Waals surface area contributed by atoms with E-state index < -0.39 is 16.3 Å². The fourth-order valence-electron chi connectivity index (χ4n) is 4.15. The highest BCUT2D eigenvalue weighted by Crippen LogP contribution is 2.36. The number of carbonyl (C=O) groups is 1. The van der Waals surface area contributed by atoms with Gasteiger partial charge in [-0.2, -0.15) is 5.10 Å². The molecule has 0 aliphatic heterocycles. The molecular weight excluding hydrogens is 376 g/mol. The first-order valence-electron chi connectivity index (χ1n) is 9.84. The number of nitrogens with two attached hydrogens (primary N) is 1. The fourth-order valence-corrected chi connectivity index (χ4v) is 5.43. The van der Waals surface area contributed by atoms with Crippen molar-refractivity contribution < 1.29 is 9.00 Å². The van der Waals surface area contributed by atoms with Crippen LogP contribution in [0.5, 0.6) is 0 Å². The molecule has 2 aliphatic carbocycles. The molecule has 4 N–H and O–H groups in total. The van der Waals surface area contributed by atoms with Crippen molar-refractivity contribution in [3.63, 3.8) is 0 Å². The van der Waals surface area contributed by atoms with E-state index in [4.69, 9.17) is 10.1 Å². The summed E-state index contributed by atoms with van der Waals surface area (Å²) in [5, 5.41) is 13.5. The number of rotatable bonds is 4. The van der Waals surface area contributed by atoms with Gasteiger partial charge in [0.2, 0.25) is 0 Å². The summed E-state index contributed by atoms with van der Waals surface area (Å²) in [6.45, 7) is 5.74. The maximum Gasteiger partial charge on any atom is 0.330 e. The normalized spacial score (nSPS) is 16.2. The summed E-state index contributed by atoms with van der Waals surface area (Å²) in [5.74, 6) is 0. The molecule has 2 heterocycles. The Morgan fingerprint density at radius 3 is 2.32 bits per heavy atom. The van der Waals surface area contributed by atoms with E-state index in [0.717, 1.165) is 66.7 Å². The number of anilines is 1. The molecule has 0 fully saturated rings. The average molecular weight is 405 g/mol. The van der Waals surface area contributed by atoms with E-state index in [-0.39, 0.29) is 11.1 Å². The first-order valence-corrected chi connectivity index (χ1v) is 11.6. The highest BCUT2D eigenvalue weighted by molar-refractivity contribution is 7.99. The van der Waals surface area contributed by atoms with Gasteiger partial charge in [0.25, 0.3) is 0 Å². The van der Waals surface area contributed by atoms with E-state index in [1.807, 2.05) is 13.8 Å². The number of nitrogens with one attached hydrogen (secondary N) is 2. The predicted molar refractivity (Wildman–Crippen MR) is 110 cm³/mol. The molecule has 28 heavy (non-hydrogen) atoms. The van der Waals surface area contributed by atoms with E-state index in [1.165, 1.54) is 0 Å². The van der Waals surface area contributed by atoms with Crippen LogP contribution in [0, 0.1) is 6.92 Å². The summed E-state index contributed by atoms with van der Waals surface area (Å²) in [4.78, 5) is 17.5. The maximum atomic E-state index is 13.1. The topological polar surface area (TPSA) is 115 Å². The molecule has 2 aliphatic rings. The number of nitrogens with zero attached hydrogens (tertiary/aromatic N) is 3. The van der Waals surface area contributed by atoms with Gasteiger partial charge in [-0.25, -0.2) is 9.00 Å². The van der Waals surface area contributed by atoms with Crippen LogP contribution in [0.15, 0.2) is 11.2 Å². The number of aryl methyl sites for hydroxylation is 3. The number of hydrogen-bond donors (Lipinski definition) is 4. The van der Waals surface area contributed by atoms with Gasteiger partial charge >= 0.3 is 6.03 Å². The molecule has 0 unspecified atom stereocenters. The molecule has 9 heteroatoms. The number of aromatic nitrogens is 3. The Kier molecular flexibility index (Phi) is 4.75. The molecule has 0 atom stereocenters. The van der Waals surface area contributed by atoms with E-state index in [1.54, 1.807) is 17.8 Å². The van der Waals surface area contributed by atoms with Crippen molar-refractivity contribution in [1.29, 1.82) is 0 Å². The Hall–Kier alpha value is -2.26. The van der Waals surface area contributed by atoms with Crippen molar-refractivity contribution in [3.05, 3.63) is 34.3 Å². The Morgan fingerprint density at radius 2 is 1.79 bits per heavy atom. The van der Waals surface area contributed by atoms with E-state index in [2.05, 4.69) is 15.1 Å². The van der Waals surface area contributed by atoms with E-state index in [0.29, 0.717) is 5.56 Å². The maximum absolute atomic E-state index is 13.1. The van der Waals surface area contributed by atoms with Gasteiger partial charge in [0.1, 0.15) is 0 Å². The molecular formula is C19H28N6O2S.